The molecule has 94 valence electrons. The van der Waals surface area contributed by atoms with Crippen LogP contribution in [-0.4, -0.2) is 37.3 Å². The Morgan fingerprint density at radius 1 is 1.76 bits per heavy atom. The fraction of sp³-hybridized carbons (Fsp3) is 0.636. The summed E-state index contributed by atoms with van der Waals surface area (Å²) < 4.78 is 10.2. The maximum Gasteiger partial charge on any atom is 0.357 e. The number of anilines is 1. The molecule has 0 saturated carbocycles. The molecule has 0 aromatic carbocycles. The fourth-order valence-electron chi connectivity index (χ4n) is 1.63. The van der Waals surface area contributed by atoms with Gasteiger partial charge in [0.1, 0.15) is 0 Å². The van der Waals surface area contributed by atoms with Gasteiger partial charge in [0.15, 0.2) is 10.8 Å². The highest BCUT2D eigenvalue weighted by molar-refractivity contribution is 7.13. The Hall–Kier alpha value is -1.14. The van der Waals surface area contributed by atoms with E-state index >= 15 is 0 Å². The van der Waals surface area contributed by atoms with Crippen LogP contribution in [0.5, 0.6) is 0 Å². The summed E-state index contributed by atoms with van der Waals surface area (Å²) in [5.41, 5.74) is 0.377. The Balaban J connectivity index is 1.83. The maximum absolute atomic E-state index is 11.4. The van der Waals surface area contributed by atoms with Crippen molar-refractivity contribution in [3.05, 3.63) is 11.1 Å². The van der Waals surface area contributed by atoms with Crippen LogP contribution in [0.25, 0.3) is 0 Å². The predicted octanol–water partition coefficient (Wildman–Crippen LogP) is 1.77. The lowest BCUT2D eigenvalue weighted by Crippen LogP contribution is -2.14. The summed E-state index contributed by atoms with van der Waals surface area (Å²) in [6.07, 6.45) is 1.09. The third-order valence-electron chi connectivity index (χ3n) is 2.55. The van der Waals surface area contributed by atoms with E-state index in [1.807, 2.05) is 0 Å². The van der Waals surface area contributed by atoms with Crippen LogP contribution in [0.1, 0.15) is 23.8 Å². The highest BCUT2D eigenvalue weighted by atomic mass is 32.1. The standard InChI is InChI=1S/C11H16N2O3S/c1-2-16-10(14)9-7-17-11(13-9)12-5-8-3-4-15-6-8/h7-8H,2-6H2,1H3,(H,12,13). The lowest BCUT2D eigenvalue weighted by molar-refractivity contribution is 0.0520. The van der Waals surface area contributed by atoms with Crippen LogP contribution < -0.4 is 5.32 Å². The number of esters is 1. The normalized spacial score (nSPS) is 19.2. The zero-order valence-electron chi connectivity index (χ0n) is 9.77. The first-order valence-corrected chi connectivity index (χ1v) is 6.62. The smallest absolute Gasteiger partial charge is 0.357 e. The molecule has 1 aliphatic rings. The van der Waals surface area contributed by atoms with E-state index in [4.69, 9.17) is 9.47 Å². The summed E-state index contributed by atoms with van der Waals surface area (Å²) in [5, 5.41) is 5.70. The second-order valence-electron chi connectivity index (χ2n) is 3.87. The first-order chi connectivity index (χ1) is 8.29. The number of hydrogen-bond acceptors (Lipinski definition) is 6. The average Bonchev–Trinajstić information content (AvgIpc) is 2.98. The first kappa shape index (κ1) is 12.3. The van der Waals surface area contributed by atoms with Gasteiger partial charge in [-0.1, -0.05) is 0 Å². The molecule has 1 aliphatic heterocycles. The average molecular weight is 256 g/mol. The molecule has 1 unspecified atom stereocenters. The van der Waals surface area contributed by atoms with Crippen molar-refractivity contribution in [2.75, 3.05) is 31.7 Å². The molecule has 2 heterocycles. The highest BCUT2D eigenvalue weighted by Gasteiger charge is 2.16. The Morgan fingerprint density at radius 3 is 3.35 bits per heavy atom. The highest BCUT2D eigenvalue weighted by Crippen LogP contribution is 2.18. The Labute approximate surface area is 104 Å². The summed E-state index contributed by atoms with van der Waals surface area (Å²) in [6, 6.07) is 0. The van der Waals surface area contributed by atoms with E-state index in [9.17, 15) is 4.79 Å². The van der Waals surface area contributed by atoms with Crippen molar-refractivity contribution < 1.29 is 14.3 Å². The van der Waals surface area contributed by atoms with Crippen molar-refractivity contribution in [3.63, 3.8) is 0 Å². The summed E-state index contributed by atoms with van der Waals surface area (Å²) in [5.74, 6) is 0.186. The van der Waals surface area contributed by atoms with Crippen LogP contribution in [0.2, 0.25) is 0 Å². The summed E-state index contributed by atoms with van der Waals surface area (Å²) in [7, 11) is 0. The fourth-order valence-corrected chi connectivity index (χ4v) is 2.32. The lowest BCUT2D eigenvalue weighted by atomic mass is 10.1. The Bertz CT molecular complexity index is 375. The molecule has 0 amide bonds. The number of rotatable bonds is 5. The van der Waals surface area contributed by atoms with Gasteiger partial charge in [-0.15, -0.1) is 11.3 Å². The first-order valence-electron chi connectivity index (χ1n) is 5.74. The minimum atomic E-state index is -0.360. The minimum Gasteiger partial charge on any atom is -0.461 e. The molecule has 0 aliphatic carbocycles. The number of aromatic nitrogens is 1. The third-order valence-corrected chi connectivity index (χ3v) is 3.35. The van der Waals surface area contributed by atoms with Crippen molar-refractivity contribution in [2.24, 2.45) is 5.92 Å². The molecule has 1 fully saturated rings. The maximum atomic E-state index is 11.4. The molecule has 0 radical (unpaired) electrons. The van der Waals surface area contributed by atoms with Gasteiger partial charge in [-0.2, -0.15) is 0 Å². The van der Waals surface area contributed by atoms with Gasteiger partial charge >= 0.3 is 5.97 Å². The van der Waals surface area contributed by atoms with E-state index < -0.39 is 0 Å². The number of thiazole rings is 1. The largest absolute Gasteiger partial charge is 0.461 e. The van der Waals surface area contributed by atoms with Gasteiger partial charge < -0.3 is 14.8 Å². The second kappa shape index (κ2) is 5.97. The van der Waals surface area contributed by atoms with Gasteiger partial charge in [0, 0.05) is 24.4 Å². The number of nitrogens with zero attached hydrogens (tertiary/aromatic N) is 1. The molecule has 1 N–H and O–H groups in total. The molecular formula is C11H16N2O3S. The number of nitrogens with one attached hydrogen (secondary N) is 1. The predicted molar refractivity (Wildman–Crippen MR) is 65.5 cm³/mol. The molecule has 6 heteroatoms. The summed E-state index contributed by atoms with van der Waals surface area (Å²) >= 11 is 1.42. The van der Waals surface area contributed by atoms with Crippen LogP contribution in [0.3, 0.4) is 0 Å². The summed E-state index contributed by atoms with van der Waals surface area (Å²) in [4.78, 5) is 15.6. The van der Waals surface area contributed by atoms with Gasteiger partial charge in [-0.3, -0.25) is 0 Å². The molecule has 1 aromatic rings. The van der Waals surface area contributed by atoms with E-state index in [0.717, 1.165) is 31.3 Å². The summed E-state index contributed by atoms with van der Waals surface area (Å²) in [6.45, 7) is 4.65. The van der Waals surface area contributed by atoms with Crippen LogP contribution in [0.15, 0.2) is 5.38 Å². The van der Waals surface area contributed by atoms with Crippen molar-refractivity contribution in [1.29, 1.82) is 0 Å². The van der Waals surface area contributed by atoms with Crippen molar-refractivity contribution in [2.45, 2.75) is 13.3 Å². The quantitative estimate of drug-likeness (QED) is 0.814. The van der Waals surface area contributed by atoms with E-state index in [1.165, 1.54) is 11.3 Å². The van der Waals surface area contributed by atoms with Crippen molar-refractivity contribution in [1.82, 2.24) is 4.98 Å². The topological polar surface area (TPSA) is 60.5 Å². The minimum absolute atomic E-state index is 0.360. The lowest BCUT2D eigenvalue weighted by Gasteiger charge is -2.07. The van der Waals surface area contributed by atoms with E-state index in [0.29, 0.717) is 18.2 Å². The van der Waals surface area contributed by atoms with Gasteiger partial charge in [0.2, 0.25) is 0 Å². The van der Waals surface area contributed by atoms with Crippen LogP contribution in [-0.2, 0) is 9.47 Å². The van der Waals surface area contributed by atoms with Crippen molar-refractivity contribution in [3.8, 4) is 0 Å². The number of hydrogen-bond donors (Lipinski definition) is 1. The molecule has 0 spiro atoms. The van der Waals surface area contributed by atoms with Crippen molar-refractivity contribution >= 4 is 22.4 Å². The third kappa shape index (κ3) is 3.41. The monoisotopic (exact) mass is 256 g/mol. The molecule has 2 rings (SSSR count). The van der Waals surface area contributed by atoms with Gasteiger partial charge in [0.05, 0.1) is 13.2 Å². The van der Waals surface area contributed by atoms with Gasteiger partial charge in [0.25, 0.3) is 0 Å². The van der Waals surface area contributed by atoms with Crippen LogP contribution in [0.4, 0.5) is 5.13 Å². The Kier molecular flexibility index (Phi) is 4.33. The zero-order valence-corrected chi connectivity index (χ0v) is 10.6. The second-order valence-corrected chi connectivity index (χ2v) is 4.73. The zero-order chi connectivity index (χ0) is 12.1. The van der Waals surface area contributed by atoms with E-state index in [-0.39, 0.29) is 5.97 Å². The Morgan fingerprint density at radius 2 is 2.65 bits per heavy atom. The molecular weight excluding hydrogens is 240 g/mol. The molecule has 17 heavy (non-hydrogen) atoms. The van der Waals surface area contributed by atoms with Gasteiger partial charge in [-0.05, 0) is 13.3 Å². The van der Waals surface area contributed by atoms with Crippen LogP contribution >= 0.6 is 11.3 Å². The molecule has 1 atom stereocenters. The number of ether oxygens (including phenoxy) is 2. The SMILES string of the molecule is CCOC(=O)c1csc(NCC2CCOC2)n1. The number of carbonyl (C=O) groups excluding carboxylic acids is 1. The van der Waals surface area contributed by atoms with E-state index in [1.54, 1.807) is 12.3 Å². The molecule has 5 nitrogen and oxygen atoms in total. The molecule has 1 saturated heterocycles. The molecule has 0 bridgehead atoms. The van der Waals surface area contributed by atoms with E-state index in [2.05, 4.69) is 10.3 Å². The number of carbonyl (C=O) groups is 1. The van der Waals surface area contributed by atoms with Crippen LogP contribution in [0, 0.1) is 5.92 Å². The van der Waals surface area contributed by atoms with Gasteiger partial charge in [-0.25, -0.2) is 9.78 Å². The molecule has 1 aromatic heterocycles.